The summed E-state index contributed by atoms with van der Waals surface area (Å²) in [4.78, 5) is 0. The van der Waals surface area contributed by atoms with Gasteiger partial charge >= 0.3 is 0 Å². The van der Waals surface area contributed by atoms with Gasteiger partial charge in [-0.1, -0.05) is 167 Å². The van der Waals surface area contributed by atoms with Gasteiger partial charge in [0.15, 0.2) is 0 Å². The Balaban J connectivity index is 3.70. The van der Waals surface area contributed by atoms with Crippen LogP contribution in [-0.2, 0) is 0 Å². The Hall–Kier alpha value is -2.60. The number of hydrogen-bond acceptors (Lipinski definition) is 0. The van der Waals surface area contributed by atoms with E-state index in [1.165, 1.54) is 57.4 Å². The van der Waals surface area contributed by atoms with Crippen LogP contribution in [0.15, 0.2) is 115 Å². The Morgan fingerprint density at radius 2 is 0.759 bits per heavy atom. The predicted octanol–water partition coefficient (Wildman–Crippen LogP) is 9.12. The first kappa shape index (κ1) is 26.4. The molecular formula is C29H39. The fourth-order valence-corrected chi connectivity index (χ4v) is 2.42. The van der Waals surface area contributed by atoms with Gasteiger partial charge < -0.3 is 0 Å². The third-order valence-electron chi connectivity index (χ3n) is 4.00. The third-order valence-corrected chi connectivity index (χ3v) is 4.00. The summed E-state index contributed by atoms with van der Waals surface area (Å²) in [5.41, 5.74) is 0. The van der Waals surface area contributed by atoms with E-state index < -0.39 is 0 Å². The number of hydrogen-bond donors (Lipinski definition) is 0. The van der Waals surface area contributed by atoms with Crippen molar-refractivity contribution in [3.8, 4) is 0 Å². The number of rotatable bonds is 17. The van der Waals surface area contributed by atoms with Gasteiger partial charge in [-0.05, 0) is 12.8 Å². The zero-order chi connectivity index (χ0) is 21.1. The van der Waals surface area contributed by atoms with Crippen LogP contribution in [0.3, 0.4) is 0 Å². The topological polar surface area (TPSA) is 0 Å². The van der Waals surface area contributed by atoms with Crippen molar-refractivity contribution in [1.29, 1.82) is 0 Å². The van der Waals surface area contributed by atoms with Gasteiger partial charge in [0.1, 0.15) is 0 Å². The molecule has 0 heterocycles. The lowest BCUT2D eigenvalue weighted by Crippen LogP contribution is -1.78. The van der Waals surface area contributed by atoms with E-state index in [0.29, 0.717) is 0 Å². The number of unbranched alkanes of at least 4 members (excludes halogenated alkanes) is 7. The van der Waals surface area contributed by atoms with Gasteiger partial charge in [0.25, 0.3) is 0 Å². The summed E-state index contributed by atoms with van der Waals surface area (Å²) in [6, 6.07) is 0. The van der Waals surface area contributed by atoms with E-state index in [4.69, 9.17) is 6.58 Å². The Morgan fingerprint density at radius 3 is 1.17 bits per heavy atom. The zero-order valence-electron chi connectivity index (χ0n) is 18.2. The highest BCUT2D eigenvalue weighted by atomic mass is 13.9. The Labute approximate surface area is 180 Å². The van der Waals surface area contributed by atoms with E-state index in [9.17, 15) is 0 Å². The van der Waals surface area contributed by atoms with E-state index in [-0.39, 0.29) is 0 Å². The highest BCUT2D eigenvalue weighted by molar-refractivity contribution is 5.22. The van der Waals surface area contributed by atoms with Crippen LogP contribution in [0.1, 0.15) is 58.3 Å². The van der Waals surface area contributed by atoms with Crippen molar-refractivity contribution in [2.24, 2.45) is 0 Å². The molecule has 0 N–H and O–H groups in total. The fourth-order valence-electron chi connectivity index (χ4n) is 2.42. The largest absolute Gasteiger partial charge is 0.0845 e. The summed E-state index contributed by atoms with van der Waals surface area (Å²) < 4.78 is 0. The van der Waals surface area contributed by atoms with Crippen molar-refractivity contribution < 1.29 is 0 Å². The molecule has 0 spiro atoms. The minimum Gasteiger partial charge on any atom is -0.0845 e. The molecule has 1 radical (unpaired) electrons. The summed E-state index contributed by atoms with van der Waals surface area (Å²) in [5, 5.41) is 0. The van der Waals surface area contributed by atoms with Crippen LogP contribution in [0.5, 0.6) is 0 Å². The van der Waals surface area contributed by atoms with Crippen LogP contribution < -0.4 is 0 Å². The maximum absolute atomic E-state index is 5.23. The van der Waals surface area contributed by atoms with Gasteiger partial charge in [-0.25, -0.2) is 0 Å². The Kier molecular flexibility index (Phi) is 23.1. The van der Waals surface area contributed by atoms with Gasteiger partial charge in [-0.15, -0.1) is 0 Å². The lowest BCUT2D eigenvalue weighted by molar-refractivity contribution is 0.592. The van der Waals surface area contributed by atoms with Crippen LogP contribution >= 0.6 is 0 Å². The molecule has 0 aromatic heterocycles. The van der Waals surface area contributed by atoms with Crippen LogP contribution in [0.25, 0.3) is 0 Å². The van der Waals surface area contributed by atoms with E-state index in [1.54, 1.807) is 6.08 Å². The molecule has 0 amide bonds. The predicted molar refractivity (Wildman–Crippen MR) is 134 cm³/mol. The molecule has 0 fully saturated rings. The molecule has 0 bridgehead atoms. The first-order chi connectivity index (χ1) is 14.4. The van der Waals surface area contributed by atoms with Crippen LogP contribution in [0.2, 0.25) is 0 Å². The van der Waals surface area contributed by atoms with Crippen LogP contribution in [-0.4, -0.2) is 0 Å². The maximum atomic E-state index is 5.23. The molecule has 0 rings (SSSR count). The second-order valence-corrected chi connectivity index (χ2v) is 6.61. The molecule has 155 valence electrons. The van der Waals surface area contributed by atoms with Gasteiger partial charge in [-0.3, -0.25) is 0 Å². The third kappa shape index (κ3) is 25.4. The van der Waals surface area contributed by atoms with Gasteiger partial charge in [0.05, 0.1) is 0 Å². The molecule has 0 aliphatic rings. The van der Waals surface area contributed by atoms with Gasteiger partial charge in [0, 0.05) is 0 Å². The molecule has 0 unspecified atom stereocenters. The molecule has 0 aromatic rings. The lowest BCUT2D eigenvalue weighted by Gasteiger charge is -1.98. The lowest BCUT2D eigenvalue weighted by atomic mass is 10.1. The van der Waals surface area contributed by atoms with Crippen molar-refractivity contribution >= 4 is 0 Å². The Morgan fingerprint density at radius 1 is 0.414 bits per heavy atom. The van der Waals surface area contributed by atoms with Crippen molar-refractivity contribution in [3.63, 3.8) is 0 Å². The molecule has 0 heteroatoms. The summed E-state index contributed by atoms with van der Waals surface area (Å²) >= 11 is 0. The average Bonchev–Trinajstić information content (AvgIpc) is 2.74. The fraction of sp³-hybridized carbons (Fsp3) is 0.310. The SMILES string of the molecule is [CH]=CC=CC=CC=CC=CC=CC=CC=CC=CC=CCCCCCCCCC. The molecule has 0 aliphatic heterocycles. The second kappa shape index (κ2) is 25.4. The minimum absolute atomic E-state index is 1.19. The average molecular weight is 388 g/mol. The molecule has 29 heavy (non-hydrogen) atoms. The normalized spacial score (nSPS) is 13.7. The van der Waals surface area contributed by atoms with Gasteiger partial charge in [0.2, 0.25) is 0 Å². The van der Waals surface area contributed by atoms with Crippen LogP contribution in [0, 0.1) is 6.58 Å². The van der Waals surface area contributed by atoms with Gasteiger partial charge in [-0.2, -0.15) is 0 Å². The first-order valence-corrected chi connectivity index (χ1v) is 10.9. The molecule has 0 nitrogen and oxygen atoms in total. The number of allylic oxidation sites excluding steroid dienone is 19. The standard InChI is InChI=1S/C29H39/c1-3-5-7-9-11-13-15-17-19-21-23-25-27-29-28-26-24-22-20-18-16-14-12-10-8-6-4-2/h1,3,5,7,9,11,13,15,17,19-29H,4,6,8,10,12,14,16,18H2,2H3. The van der Waals surface area contributed by atoms with Crippen molar-refractivity contribution in [2.45, 2.75) is 58.3 Å². The van der Waals surface area contributed by atoms with E-state index in [1.807, 2.05) is 79.0 Å². The van der Waals surface area contributed by atoms with Crippen LogP contribution in [0.4, 0.5) is 0 Å². The maximum Gasteiger partial charge on any atom is -0.0348 e. The zero-order valence-corrected chi connectivity index (χ0v) is 18.2. The quantitative estimate of drug-likeness (QED) is 0.172. The highest BCUT2D eigenvalue weighted by Crippen LogP contribution is 2.08. The summed E-state index contributed by atoms with van der Waals surface area (Å²) in [6.45, 7) is 7.50. The molecule has 0 aliphatic carbocycles. The molecule has 0 aromatic carbocycles. The summed E-state index contributed by atoms with van der Waals surface area (Å²) in [6.07, 6.45) is 48.5. The van der Waals surface area contributed by atoms with E-state index in [2.05, 4.69) is 31.2 Å². The molecule has 0 saturated carbocycles. The monoisotopic (exact) mass is 387 g/mol. The highest BCUT2D eigenvalue weighted by Gasteiger charge is 1.88. The summed E-state index contributed by atoms with van der Waals surface area (Å²) in [7, 11) is 0. The minimum atomic E-state index is 1.19. The smallest absolute Gasteiger partial charge is 0.0348 e. The molecule has 0 atom stereocenters. The summed E-state index contributed by atoms with van der Waals surface area (Å²) in [5.74, 6) is 0. The van der Waals surface area contributed by atoms with Crippen molar-refractivity contribution in [3.05, 3.63) is 122 Å². The Bertz CT molecular complexity index is 612. The van der Waals surface area contributed by atoms with E-state index >= 15 is 0 Å². The first-order valence-electron chi connectivity index (χ1n) is 10.9. The van der Waals surface area contributed by atoms with Crippen molar-refractivity contribution in [1.82, 2.24) is 0 Å². The second-order valence-electron chi connectivity index (χ2n) is 6.61. The molecular weight excluding hydrogens is 348 g/mol. The molecule has 0 saturated heterocycles. The van der Waals surface area contributed by atoms with Crippen molar-refractivity contribution in [2.75, 3.05) is 0 Å². The van der Waals surface area contributed by atoms with E-state index in [0.717, 1.165) is 0 Å².